The predicted molar refractivity (Wildman–Crippen MR) is 69.4 cm³/mol. The van der Waals surface area contributed by atoms with Crippen LogP contribution in [0.1, 0.15) is 0 Å². The number of nitrogens with one attached hydrogen (secondary N) is 1. The SMILES string of the molecule is NC(=S)CNC(=O)COc1ccccc1Br. The standard InChI is InChI=1S/C10H11BrN2O2S/c11-7-3-1-2-4-8(7)15-6-10(14)13-5-9(12)16/h1-4H,5-6H2,(H2,12,16)(H,13,14). The van der Waals surface area contributed by atoms with Crippen LogP contribution in [-0.4, -0.2) is 24.0 Å². The molecule has 0 spiro atoms. The summed E-state index contributed by atoms with van der Waals surface area (Å²) in [7, 11) is 0. The van der Waals surface area contributed by atoms with Gasteiger partial charge >= 0.3 is 0 Å². The van der Waals surface area contributed by atoms with Crippen LogP contribution in [0.15, 0.2) is 28.7 Å². The normalized spacial score (nSPS) is 9.56. The van der Waals surface area contributed by atoms with E-state index in [0.29, 0.717) is 5.75 Å². The third-order valence-corrected chi connectivity index (χ3v) is 2.45. The number of halogens is 1. The summed E-state index contributed by atoms with van der Waals surface area (Å²) >= 11 is 7.94. The zero-order valence-electron chi connectivity index (χ0n) is 8.40. The molecule has 0 radical (unpaired) electrons. The predicted octanol–water partition coefficient (Wildman–Crippen LogP) is 1.23. The van der Waals surface area contributed by atoms with Gasteiger partial charge < -0.3 is 15.8 Å². The lowest BCUT2D eigenvalue weighted by Crippen LogP contribution is -2.35. The molecule has 4 nitrogen and oxygen atoms in total. The van der Waals surface area contributed by atoms with Crippen LogP contribution in [0.25, 0.3) is 0 Å². The molecule has 1 amide bonds. The van der Waals surface area contributed by atoms with E-state index in [9.17, 15) is 4.79 Å². The van der Waals surface area contributed by atoms with Crippen LogP contribution in [-0.2, 0) is 4.79 Å². The largest absolute Gasteiger partial charge is 0.483 e. The maximum atomic E-state index is 11.3. The van der Waals surface area contributed by atoms with Crippen LogP contribution in [0.4, 0.5) is 0 Å². The summed E-state index contributed by atoms with van der Waals surface area (Å²) in [6.45, 7) is 0.124. The zero-order valence-corrected chi connectivity index (χ0v) is 10.8. The number of rotatable bonds is 5. The van der Waals surface area contributed by atoms with Crippen molar-refractivity contribution in [1.82, 2.24) is 5.32 Å². The summed E-state index contributed by atoms with van der Waals surface area (Å²) in [5.41, 5.74) is 5.24. The average Bonchev–Trinajstić information content (AvgIpc) is 2.25. The number of hydrogen-bond acceptors (Lipinski definition) is 3. The minimum absolute atomic E-state index is 0.0643. The number of para-hydroxylation sites is 1. The highest BCUT2D eigenvalue weighted by Crippen LogP contribution is 2.23. The van der Waals surface area contributed by atoms with Crippen molar-refractivity contribution >= 4 is 39.0 Å². The lowest BCUT2D eigenvalue weighted by molar-refractivity contribution is -0.122. The number of hydrogen-bond donors (Lipinski definition) is 2. The van der Waals surface area contributed by atoms with Gasteiger partial charge in [-0.15, -0.1) is 0 Å². The molecule has 0 atom stereocenters. The van der Waals surface area contributed by atoms with E-state index in [2.05, 4.69) is 33.5 Å². The van der Waals surface area contributed by atoms with Gasteiger partial charge in [-0.1, -0.05) is 24.4 Å². The minimum atomic E-state index is -0.261. The van der Waals surface area contributed by atoms with Crippen molar-refractivity contribution in [3.05, 3.63) is 28.7 Å². The van der Waals surface area contributed by atoms with Crippen LogP contribution in [0.5, 0.6) is 5.75 Å². The highest BCUT2D eigenvalue weighted by atomic mass is 79.9. The highest BCUT2D eigenvalue weighted by molar-refractivity contribution is 9.10. The molecule has 16 heavy (non-hydrogen) atoms. The molecule has 3 N–H and O–H groups in total. The van der Waals surface area contributed by atoms with E-state index in [1.54, 1.807) is 6.07 Å². The Balaban J connectivity index is 2.37. The summed E-state index contributed by atoms with van der Waals surface area (Å²) in [5.74, 6) is 0.358. The molecule has 0 bridgehead atoms. The van der Waals surface area contributed by atoms with Gasteiger partial charge in [0.15, 0.2) is 6.61 Å². The molecule has 0 saturated carbocycles. The third-order valence-electron chi connectivity index (χ3n) is 1.66. The van der Waals surface area contributed by atoms with Crippen molar-refractivity contribution in [2.45, 2.75) is 0 Å². The van der Waals surface area contributed by atoms with Gasteiger partial charge in [-0.05, 0) is 28.1 Å². The Bertz CT molecular complexity index is 398. The second-order valence-corrected chi connectivity index (χ2v) is 4.34. The Labute approximate surface area is 107 Å². The summed E-state index contributed by atoms with van der Waals surface area (Å²) < 4.78 is 6.09. The number of thiocarbonyl (C=S) groups is 1. The van der Waals surface area contributed by atoms with Gasteiger partial charge in [-0.25, -0.2) is 0 Å². The second-order valence-electron chi connectivity index (χ2n) is 2.96. The van der Waals surface area contributed by atoms with Crippen LogP contribution < -0.4 is 15.8 Å². The molecular formula is C10H11BrN2O2S. The quantitative estimate of drug-likeness (QED) is 0.803. The molecule has 0 aliphatic carbocycles. The fourth-order valence-corrected chi connectivity index (χ4v) is 1.41. The fourth-order valence-electron chi connectivity index (χ4n) is 0.942. The molecule has 0 aromatic heterocycles. The molecule has 0 saturated heterocycles. The molecule has 1 aromatic carbocycles. The third kappa shape index (κ3) is 4.59. The first-order valence-corrected chi connectivity index (χ1v) is 5.72. The highest BCUT2D eigenvalue weighted by Gasteiger charge is 2.04. The number of carbonyl (C=O) groups excluding carboxylic acids is 1. The van der Waals surface area contributed by atoms with Crippen molar-refractivity contribution in [2.24, 2.45) is 5.73 Å². The smallest absolute Gasteiger partial charge is 0.258 e. The van der Waals surface area contributed by atoms with Crippen LogP contribution in [0, 0.1) is 0 Å². The molecule has 0 fully saturated rings. The number of ether oxygens (including phenoxy) is 1. The molecule has 6 heteroatoms. The summed E-state index contributed by atoms with van der Waals surface area (Å²) in [6.07, 6.45) is 0. The van der Waals surface area contributed by atoms with Crippen molar-refractivity contribution in [2.75, 3.05) is 13.2 Å². The van der Waals surface area contributed by atoms with E-state index in [0.717, 1.165) is 4.47 Å². The van der Waals surface area contributed by atoms with Gasteiger partial charge in [0, 0.05) is 0 Å². The van der Waals surface area contributed by atoms with Gasteiger partial charge in [0.2, 0.25) is 0 Å². The Hall–Kier alpha value is -1.14. The second kappa shape index (κ2) is 6.44. The monoisotopic (exact) mass is 302 g/mol. The first-order valence-electron chi connectivity index (χ1n) is 4.52. The van der Waals surface area contributed by atoms with E-state index in [1.807, 2.05) is 18.2 Å². The summed E-state index contributed by atoms with van der Waals surface area (Å²) in [6, 6.07) is 7.30. The Kier molecular flexibility index (Phi) is 5.21. The van der Waals surface area contributed by atoms with Crippen LogP contribution >= 0.6 is 28.1 Å². The van der Waals surface area contributed by atoms with E-state index in [-0.39, 0.29) is 24.0 Å². The van der Waals surface area contributed by atoms with Crippen LogP contribution in [0.3, 0.4) is 0 Å². The Morgan fingerprint density at radius 3 is 2.81 bits per heavy atom. The molecule has 1 aromatic rings. The summed E-state index contributed by atoms with van der Waals surface area (Å²) in [4.78, 5) is 11.5. The number of carbonyl (C=O) groups is 1. The maximum Gasteiger partial charge on any atom is 0.258 e. The Morgan fingerprint density at radius 2 is 2.19 bits per heavy atom. The van der Waals surface area contributed by atoms with Crippen LogP contribution in [0.2, 0.25) is 0 Å². The van der Waals surface area contributed by atoms with E-state index in [1.165, 1.54) is 0 Å². The number of amides is 1. The first-order chi connectivity index (χ1) is 7.59. The Morgan fingerprint density at radius 1 is 1.50 bits per heavy atom. The van der Waals surface area contributed by atoms with E-state index in [4.69, 9.17) is 10.5 Å². The number of benzene rings is 1. The minimum Gasteiger partial charge on any atom is -0.483 e. The van der Waals surface area contributed by atoms with E-state index < -0.39 is 0 Å². The van der Waals surface area contributed by atoms with Crippen molar-refractivity contribution < 1.29 is 9.53 Å². The van der Waals surface area contributed by atoms with Crippen molar-refractivity contribution in [1.29, 1.82) is 0 Å². The maximum absolute atomic E-state index is 11.3. The van der Waals surface area contributed by atoms with Gasteiger partial charge in [-0.3, -0.25) is 4.79 Å². The van der Waals surface area contributed by atoms with Gasteiger partial charge in [0.1, 0.15) is 5.75 Å². The topological polar surface area (TPSA) is 64.3 Å². The van der Waals surface area contributed by atoms with Gasteiger partial charge in [-0.2, -0.15) is 0 Å². The van der Waals surface area contributed by atoms with Crippen molar-refractivity contribution in [3.8, 4) is 5.75 Å². The molecule has 0 unspecified atom stereocenters. The van der Waals surface area contributed by atoms with E-state index >= 15 is 0 Å². The molecule has 1 rings (SSSR count). The molecule has 0 aliphatic rings. The molecule has 86 valence electrons. The summed E-state index contributed by atoms with van der Waals surface area (Å²) in [5, 5.41) is 2.53. The molecule has 0 heterocycles. The van der Waals surface area contributed by atoms with Gasteiger partial charge in [0.05, 0.1) is 16.0 Å². The zero-order chi connectivity index (χ0) is 12.0. The van der Waals surface area contributed by atoms with Crippen molar-refractivity contribution in [3.63, 3.8) is 0 Å². The average molecular weight is 303 g/mol. The number of nitrogens with two attached hydrogens (primary N) is 1. The first kappa shape index (κ1) is 12.9. The van der Waals surface area contributed by atoms with Gasteiger partial charge in [0.25, 0.3) is 5.91 Å². The fraction of sp³-hybridized carbons (Fsp3) is 0.200. The lowest BCUT2D eigenvalue weighted by atomic mass is 10.3. The lowest BCUT2D eigenvalue weighted by Gasteiger charge is -2.07. The molecule has 0 aliphatic heterocycles. The molecular weight excluding hydrogens is 292 g/mol.